The fraction of sp³-hybridized carbons (Fsp3) is 0.290. The lowest BCUT2D eigenvalue weighted by atomic mass is 9.94. The van der Waals surface area contributed by atoms with Gasteiger partial charge in [0.25, 0.3) is 0 Å². The van der Waals surface area contributed by atoms with Gasteiger partial charge >= 0.3 is 6.18 Å². The largest absolute Gasteiger partial charge is 0.495 e. The Morgan fingerprint density at radius 1 is 1.10 bits per heavy atom. The number of alkyl halides is 3. The summed E-state index contributed by atoms with van der Waals surface area (Å²) in [4.78, 5) is 0.116. The van der Waals surface area contributed by atoms with Crippen LogP contribution in [0.2, 0.25) is 0 Å². The Labute approximate surface area is 237 Å². The van der Waals surface area contributed by atoms with Crippen LogP contribution in [-0.4, -0.2) is 45.6 Å². The molecule has 0 fully saturated rings. The van der Waals surface area contributed by atoms with E-state index in [1.807, 2.05) is 24.3 Å². The highest BCUT2D eigenvalue weighted by molar-refractivity contribution is 7.90. The van der Waals surface area contributed by atoms with Crippen LogP contribution in [0.5, 0.6) is 5.75 Å². The summed E-state index contributed by atoms with van der Waals surface area (Å²) in [7, 11) is -0.328. The van der Waals surface area contributed by atoms with Crippen LogP contribution in [0, 0.1) is 11.8 Å². The zero-order chi connectivity index (χ0) is 29.4. The van der Waals surface area contributed by atoms with E-state index in [9.17, 15) is 21.6 Å². The van der Waals surface area contributed by atoms with Crippen molar-refractivity contribution in [2.24, 2.45) is 7.05 Å². The van der Waals surface area contributed by atoms with Gasteiger partial charge < -0.3 is 19.9 Å². The fourth-order valence-corrected chi connectivity index (χ4v) is 5.94. The van der Waals surface area contributed by atoms with Crippen molar-refractivity contribution < 1.29 is 26.3 Å². The van der Waals surface area contributed by atoms with Crippen molar-refractivity contribution in [3.63, 3.8) is 0 Å². The predicted octanol–water partition coefficient (Wildman–Crippen LogP) is 5.47. The van der Waals surface area contributed by atoms with Crippen LogP contribution >= 0.6 is 0 Å². The van der Waals surface area contributed by atoms with Gasteiger partial charge in [0.05, 0.1) is 41.7 Å². The minimum atomic E-state index is -4.41. The molecule has 4 aromatic rings. The SMILES string of the molecule is COc1cc(S(C)(=O)=O)ccc1NCC#Cc1c(CC(F)(F)F)n(C)c2c(-c3ccc4c(c3)CCNC4)cccc12. The number of fused-ring (bicyclic) bond motifs is 2. The zero-order valence-corrected chi connectivity index (χ0v) is 23.8. The molecule has 0 atom stereocenters. The summed E-state index contributed by atoms with van der Waals surface area (Å²) in [5, 5.41) is 7.09. The second-order valence-corrected chi connectivity index (χ2v) is 12.1. The number of rotatable bonds is 6. The maximum atomic E-state index is 13.7. The van der Waals surface area contributed by atoms with Gasteiger partial charge in [-0.15, -0.1) is 0 Å². The zero-order valence-electron chi connectivity index (χ0n) is 22.9. The van der Waals surface area contributed by atoms with E-state index in [1.165, 1.54) is 30.4 Å². The van der Waals surface area contributed by atoms with Gasteiger partial charge in [-0.2, -0.15) is 13.2 Å². The average Bonchev–Trinajstić information content (AvgIpc) is 3.19. The first-order chi connectivity index (χ1) is 19.5. The lowest BCUT2D eigenvalue weighted by Gasteiger charge is -2.18. The van der Waals surface area contributed by atoms with Crippen LogP contribution < -0.4 is 15.4 Å². The van der Waals surface area contributed by atoms with Crippen LogP contribution in [0.3, 0.4) is 0 Å². The molecule has 0 radical (unpaired) electrons. The van der Waals surface area contributed by atoms with Gasteiger partial charge in [0.15, 0.2) is 9.84 Å². The number of benzene rings is 3. The number of hydrogen-bond acceptors (Lipinski definition) is 5. The topological polar surface area (TPSA) is 72.4 Å². The third-order valence-corrected chi connectivity index (χ3v) is 8.40. The van der Waals surface area contributed by atoms with Crippen molar-refractivity contribution in [1.29, 1.82) is 0 Å². The summed E-state index contributed by atoms with van der Waals surface area (Å²) in [6.45, 7) is 1.80. The number of para-hydroxylation sites is 1. The number of aromatic nitrogens is 1. The van der Waals surface area contributed by atoms with Crippen LogP contribution in [0.25, 0.3) is 22.0 Å². The average molecular weight is 582 g/mol. The summed E-state index contributed by atoms with van der Waals surface area (Å²) < 4.78 is 71.8. The molecule has 0 saturated carbocycles. The number of nitrogens with one attached hydrogen (secondary N) is 2. The van der Waals surface area contributed by atoms with E-state index in [-0.39, 0.29) is 17.1 Å². The summed E-state index contributed by atoms with van der Waals surface area (Å²) >= 11 is 0. The van der Waals surface area contributed by atoms with E-state index in [0.29, 0.717) is 27.9 Å². The van der Waals surface area contributed by atoms with E-state index in [4.69, 9.17) is 4.74 Å². The molecule has 1 aromatic heterocycles. The first kappa shape index (κ1) is 28.6. The van der Waals surface area contributed by atoms with E-state index < -0.39 is 22.4 Å². The Kier molecular flexibility index (Phi) is 7.77. The molecule has 3 aromatic carbocycles. The second-order valence-electron chi connectivity index (χ2n) is 10.1. The van der Waals surface area contributed by atoms with Crippen LogP contribution in [0.1, 0.15) is 22.4 Å². The van der Waals surface area contributed by atoms with Gasteiger partial charge in [-0.1, -0.05) is 48.2 Å². The van der Waals surface area contributed by atoms with Gasteiger partial charge in [-0.25, -0.2) is 8.42 Å². The molecule has 0 unspecified atom stereocenters. The van der Waals surface area contributed by atoms with Gasteiger partial charge in [0.2, 0.25) is 0 Å². The molecule has 0 bridgehead atoms. The maximum absolute atomic E-state index is 13.7. The van der Waals surface area contributed by atoms with Gasteiger partial charge in [-0.05, 0) is 41.8 Å². The molecule has 214 valence electrons. The second kappa shape index (κ2) is 11.1. The van der Waals surface area contributed by atoms with E-state index in [0.717, 1.165) is 36.9 Å². The molecular weight excluding hydrogens is 551 g/mol. The molecule has 0 spiro atoms. The highest BCUT2D eigenvalue weighted by Gasteiger charge is 2.32. The molecule has 10 heteroatoms. The van der Waals surface area contributed by atoms with Gasteiger partial charge in [-0.3, -0.25) is 0 Å². The van der Waals surface area contributed by atoms with E-state index in [2.05, 4.69) is 34.6 Å². The van der Waals surface area contributed by atoms with Crippen molar-refractivity contribution in [3.05, 3.63) is 77.0 Å². The standard InChI is InChI=1S/C31H30F3N3O3S/c1-37-28(18-31(32,33)34)25(8-5-14-36-27-12-11-23(41(3,38)39)17-29(27)40-2)26-7-4-6-24(30(26)37)21-9-10-22-19-35-15-13-20(22)16-21/h4,6-7,9-12,16-17,35-36H,13-15,18-19H2,1-3H3. The molecule has 2 heterocycles. The molecule has 0 amide bonds. The highest BCUT2D eigenvalue weighted by atomic mass is 32.2. The molecule has 41 heavy (non-hydrogen) atoms. The van der Waals surface area contributed by atoms with Crippen molar-refractivity contribution in [2.45, 2.75) is 30.5 Å². The number of nitrogens with zero attached hydrogens (tertiary/aromatic N) is 1. The monoisotopic (exact) mass is 581 g/mol. The minimum absolute atomic E-state index is 0.102. The van der Waals surface area contributed by atoms with Crippen molar-refractivity contribution in [3.8, 4) is 28.7 Å². The highest BCUT2D eigenvalue weighted by Crippen LogP contribution is 2.37. The van der Waals surface area contributed by atoms with Crippen LogP contribution in [0.4, 0.5) is 18.9 Å². The smallest absolute Gasteiger partial charge is 0.394 e. The maximum Gasteiger partial charge on any atom is 0.394 e. The number of anilines is 1. The first-order valence-corrected chi connectivity index (χ1v) is 15.0. The number of ether oxygens (including phenoxy) is 1. The Hall–Kier alpha value is -3.94. The third-order valence-electron chi connectivity index (χ3n) is 7.29. The normalized spacial score (nSPS) is 13.4. The van der Waals surface area contributed by atoms with E-state index in [1.54, 1.807) is 17.7 Å². The number of aryl methyl sites for hydroxylation is 1. The Balaban J connectivity index is 1.53. The number of sulfone groups is 1. The first-order valence-electron chi connectivity index (χ1n) is 13.1. The number of halogens is 3. The molecular formula is C31H30F3N3O3S. The van der Waals surface area contributed by atoms with Crippen LogP contribution in [0.15, 0.2) is 59.5 Å². The van der Waals surface area contributed by atoms with Crippen molar-refractivity contribution in [2.75, 3.05) is 31.8 Å². The quantitative estimate of drug-likeness (QED) is 0.296. The summed E-state index contributed by atoms with van der Waals surface area (Å²) in [5.41, 5.74) is 5.96. The predicted molar refractivity (Wildman–Crippen MR) is 155 cm³/mol. The third kappa shape index (κ3) is 6.06. The Morgan fingerprint density at radius 2 is 1.90 bits per heavy atom. The minimum Gasteiger partial charge on any atom is -0.495 e. The molecule has 2 N–H and O–H groups in total. The van der Waals surface area contributed by atoms with Gasteiger partial charge in [0.1, 0.15) is 5.75 Å². The lowest BCUT2D eigenvalue weighted by molar-refractivity contribution is -0.128. The summed E-state index contributed by atoms with van der Waals surface area (Å²) in [6, 6.07) is 16.3. The Bertz CT molecular complexity index is 1800. The van der Waals surface area contributed by atoms with Crippen molar-refractivity contribution in [1.82, 2.24) is 9.88 Å². The number of methoxy groups -OCH3 is 1. The van der Waals surface area contributed by atoms with Crippen molar-refractivity contribution >= 4 is 26.4 Å². The summed E-state index contributed by atoms with van der Waals surface area (Å²) in [6.07, 6.45) is -3.51. The van der Waals surface area contributed by atoms with E-state index >= 15 is 0 Å². The molecule has 5 rings (SSSR count). The van der Waals surface area contributed by atoms with Gasteiger partial charge in [0, 0.05) is 42.6 Å². The molecule has 6 nitrogen and oxygen atoms in total. The lowest BCUT2D eigenvalue weighted by Crippen LogP contribution is -2.23. The molecule has 1 aliphatic rings. The molecule has 1 aliphatic heterocycles. The molecule has 0 saturated heterocycles. The molecule has 0 aliphatic carbocycles. The Morgan fingerprint density at radius 3 is 2.63 bits per heavy atom. The number of hydrogen-bond donors (Lipinski definition) is 2. The fourth-order valence-electron chi connectivity index (χ4n) is 5.30. The van der Waals surface area contributed by atoms with Crippen LogP contribution in [-0.2, 0) is 36.3 Å². The summed E-state index contributed by atoms with van der Waals surface area (Å²) in [5.74, 6) is 6.27.